The van der Waals surface area contributed by atoms with Crippen LogP contribution < -0.4 is 25.0 Å². The predicted molar refractivity (Wildman–Crippen MR) is 143 cm³/mol. The second kappa shape index (κ2) is 11.5. The van der Waals surface area contributed by atoms with E-state index in [9.17, 15) is 0 Å². The molecule has 9 heteroatoms. The maximum absolute atomic E-state index is 9.02. The van der Waals surface area contributed by atoms with Gasteiger partial charge in [-0.3, -0.25) is 4.98 Å². The lowest BCUT2D eigenvalue weighted by Gasteiger charge is -2.38. The monoisotopic (exact) mass is 495 g/mol. The molecular formula is C28H29N7O2. The van der Waals surface area contributed by atoms with Gasteiger partial charge in [0.15, 0.2) is 11.5 Å². The maximum Gasteiger partial charge on any atom is 0.163 e. The molecule has 0 saturated carbocycles. The third-order valence-corrected chi connectivity index (χ3v) is 6.48. The van der Waals surface area contributed by atoms with Crippen LogP contribution in [0.2, 0.25) is 0 Å². The fourth-order valence-electron chi connectivity index (χ4n) is 4.60. The first kappa shape index (κ1) is 24.3. The number of nitrogens with one attached hydrogen (secondary N) is 2. The third-order valence-electron chi connectivity index (χ3n) is 6.48. The number of nitriles is 1. The number of fused-ring (bicyclic) bond motifs is 1. The van der Waals surface area contributed by atoms with E-state index in [0.717, 1.165) is 49.1 Å². The van der Waals surface area contributed by atoms with Crippen LogP contribution in [0, 0.1) is 11.3 Å². The summed E-state index contributed by atoms with van der Waals surface area (Å²) in [5.74, 6) is 1.94. The van der Waals surface area contributed by atoms with E-state index < -0.39 is 0 Å². The van der Waals surface area contributed by atoms with Crippen molar-refractivity contribution < 1.29 is 9.47 Å². The molecule has 0 radical (unpaired) electrons. The van der Waals surface area contributed by atoms with E-state index >= 15 is 0 Å². The molecule has 1 atom stereocenters. The molecular weight excluding hydrogens is 466 g/mol. The first-order valence-electron chi connectivity index (χ1n) is 12.4. The molecule has 5 rings (SSSR count). The topological polar surface area (TPSA) is 108 Å². The number of anilines is 3. The largest absolute Gasteiger partial charge is 0.493 e. The van der Waals surface area contributed by atoms with Crippen LogP contribution in [0.3, 0.4) is 0 Å². The van der Waals surface area contributed by atoms with Crippen LogP contribution in [0.1, 0.15) is 18.4 Å². The van der Waals surface area contributed by atoms with Crippen LogP contribution >= 0.6 is 0 Å². The second-order valence-corrected chi connectivity index (χ2v) is 8.80. The Morgan fingerprint density at radius 1 is 1.11 bits per heavy atom. The molecule has 0 amide bonds. The standard InChI is InChI=1S/C28H29N7O2/c1-36-26-15-24-25(32-19-33-28(24)34-21-6-4-20(17-29)5-7-21)16-27(26)37-14-2-3-23-18-31-12-13-35(23)22-8-10-30-11-9-22/h4-11,15-16,19,23,31H,2-3,12-14,18H2,1H3,(H,32,33,34). The first-order chi connectivity index (χ1) is 18.2. The molecule has 1 unspecified atom stereocenters. The summed E-state index contributed by atoms with van der Waals surface area (Å²) in [6.07, 6.45) is 7.13. The van der Waals surface area contributed by atoms with Crippen molar-refractivity contribution in [2.75, 3.05) is 43.6 Å². The number of nitrogens with zero attached hydrogens (tertiary/aromatic N) is 5. The minimum atomic E-state index is 0.404. The van der Waals surface area contributed by atoms with Crippen molar-refractivity contribution in [3.63, 3.8) is 0 Å². The number of rotatable bonds is 9. The van der Waals surface area contributed by atoms with Gasteiger partial charge in [-0.05, 0) is 55.3 Å². The molecule has 2 aromatic heterocycles. The maximum atomic E-state index is 9.02. The molecule has 3 heterocycles. The second-order valence-electron chi connectivity index (χ2n) is 8.80. The number of hydrogen-bond acceptors (Lipinski definition) is 9. The van der Waals surface area contributed by atoms with Crippen LogP contribution in [0.15, 0.2) is 67.3 Å². The van der Waals surface area contributed by atoms with Crippen LogP contribution in [0.4, 0.5) is 17.2 Å². The Morgan fingerprint density at radius 3 is 2.73 bits per heavy atom. The normalized spacial score (nSPS) is 15.2. The minimum absolute atomic E-state index is 0.404. The van der Waals surface area contributed by atoms with E-state index in [2.05, 4.69) is 48.7 Å². The number of hydrogen-bond donors (Lipinski definition) is 2. The van der Waals surface area contributed by atoms with Crippen LogP contribution in [0.5, 0.6) is 11.5 Å². The zero-order valence-corrected chi connectivity index (χ0v) is 20.7. The first-order valence-corrected chi connectivity index (χ1v) is 12.4. The molecule has 0 bridgehead atoms. The summed E-state index contributed by atoms with van der Waals surface area (Å²) in [6.45, 7) is 3.48. The molecule has 4 aromatic rings. The summed E-state index contributed by atoms with van der Waals surface area (Å²) in [6, 6.07) is 17.7. The zero-order valence-electron chi connectivity index (χ0n) is 20.7. The van der Waals surface area contributed by atoms with E-state index in [1.54, 1.807) is 19.2 Å². The van der Waals surface area contributed by atoms with Gasteiger partial charge in [-0.2, -0.15) is 5.26 Å². The van der Waals surface area contributed by atoms with Crippen molar-refractivity contribution in [3.05, 3.63) is 72.8 Å². The van der Waals surface area contributed by atoms with Crippen LogP contribution in [-0.4, -0.2) is 54.3 Å². The lowest BCUT2D eigenvalue weighted by atomic mass is 10.1. The van der Waals surface area contributed by atoms with Gasteiger partial charge in [0.05, 0.1) is 30.9 Å². The van der Waals surface area contributed by atoms with Gasteiger partial charge >= 0.3 is 0 Å². The highest BCUT2D eigenvalue weighted by Crippen LogP contribution is 2.35. The number of aromatic nitrogens is 3. The number of methoxy groups -OCH3 is 1. The van der Waals surface area contributed by atoms with Crippen molar-refractivity contribution >= 4 is 28.1 Å². The quantitative estimate of drug-likeness (QED) is 0.329. The van der Waals surface area contributed by atoms with Gasteiger partial charge in [0.2, 0.25) is 0 Å². The molecule has 9 nitrogen and oxygen atoms in total. The Balaban J connectivity index is 1.25. The molecule has 188 valence electrons. The number of ether oxygens (including phenoxy) is 2. The average Bonchev–Trinajstić information content (AvgIpc) is 2.96. The fourth-order valence-corrected chi connectivity index (χ4v) is 4.60. The van der Waals surface area contributed by atoms with Gasteiger partial charge in [0.1, 0.15) is 12.1 Å². The summed E-state index contributed by atoms with van der Waals surface area (Å²) in [4.78, 5) is 15.5. The molecule has 1 fully saturated rings. The summed E-state index contributed by atoms with van der Waals surface area (Å²) in [5.41, 5.74) is 3.40. The van der Waals surface area contributed by atoms with Crippen LogP contribution in [0.25, 0.3) is 10.9 Å². The van der Waals surface area contributed by atoms with E-state index in [4.69, 9.17) is 14.7 Å². The fraction of sp³-hybridized carbons (Fsp3) is 0.286. The van der Waals surface area contributed by atoms with Gasteiger partial charge in [-0.1, -0.05) is 0 Å². The third kappa shape index (κ3) is 5.71. The Kier molecular flexibility index (Phi) is 7.58. The smallest absolute Gasteiger partial charge is 0.163 e. The highest BCUT2D eigenvalue weighted by molar-refractivity contribution is 5.93. The van der Waals surface area contributed by atoms with Crippen molar-refractivity contribution in [2.45, 2.75) is 18.9 Å². The Hall–Kier alpha value is -4.42. The van der Waals surface area contributed by atoms with E-state index in [1.807, 2.05) is 36.7 Å². The Bertz CT molecular complexity index is 1370. The highest BCUT2D eigenvalue weighted by atomic mass is 16.5. The molecule has 1 saturated heterocycles. The SMILES string of the molecule is COc1cc2c(Nc3ccc(C#N)cc3)ncnc2cc1OCCCC1CNCCN1c1ccncc1. The summed E-state index contributed by atoms with van der Waals surface area (Å²) in [5, 5.41) is 16.7. The molecule has 37 heavy (non-hydrogen) atoms. The Morgan fingerprint density at radius 2 is 1.95 bits per heavy atom. The van der Waals surface area contributed by atoms with E-state index in [0.29, 0.717) is 35.5 Å². The average molecular weight is 496 g/mol. The lowest BCUT2D eigenvalue weighted by Crippen LogP contribution is -2.51. The molecule has 0 aliphatic carbocycles. The molecule has 2 aromatic carbocycles. The van der Waals surface area contributed by atoms with Crippen molar-refractivity contribution in [1.29, 1.82) is 5.26 Å². The van der Waals surface area contributed by atoms with Gasteiger partial charge in [0.25, 0.3) is 0 Å². The molecule has 2 N–H and O–H groups in total. The summed E-state index contributed by atoms with van der Waals surface area (Å²) < 4.78 is 11.8. The lowest BCUT2D eigenvalue weighted by molar-refractivity contribution is 0.279. The summed E-state index contributed by atoms with van der Waals surface area (Å²) in [7, 11) is 1.63. The van der Waals surface area contributed by atoms with Gasteiger partial charge in [-0.25, -0.2) is 9.97 Å². The number of benzene rings is 2. The minimum Gasteiger partial charge on any atom is -0.493 e. The Labute approximate surface area is 216 Å². The van der Waals surface area contributed by atoms with Crippen LogP contribution in [-0.2, 0) is 0 Å². The number of pyridine rings is 1. The van der Waals surface area contributed by atoms with Gasteiger partial charge < -0.3 is 25.0 Å². The van der Waals surface area contributed by atoms with Crippen molar-refractivity contribution in [2.24, 2.45) is 0 Å². The number of piperazine rings is 1. The van der Waals surface area contributed by atoms with Gasteiger partial charge in [-0.15, -0.1) is 0 Å². The summed E-state index contributed by atoms with van der Waals surface area (Å²) >= 11 is 0. The van der Waals surface area contributed by atoms with E-state index in [1.165, 1.54) is 12.0 Å². The van der Waals surface area contributed by atoms with Crippen molar-refractivity contribution in [3.8, 4) is 17.6 Å². The predicted octanol–water partition coefficient (Wildman–Crippen LogP) is 4.29. The highest BCUT2D eigenvalue weighted by Gasteiger charge is 2.22. The van der Waals surface area contributed by atoms with E-state index in [-0.39, 0.29) is 0 Å². The molecule has 1 aliphatic heterocycles. The van der Waals surface area contributed by atoms with Crippen molar-refractivity contribution in [1.82, 2.24) is 20.3 Å². The molecule has 0 spiro atoms. The van der Waals surface area contributed by atoms with Gasteiger partial charge in [0, 0.05) is 60.9 Å². The zero-order chi connectivity index (χ0) is 25.5. The molecule has 1 aliphatic rings.